The van der Waals surface area contributed by atoms with Gasteiger partial charge in [0, 0.05) is 49.4 Å². The Morgan fingerprint density at radius 1 is 1.31 bits per heavy atom. The maximum absolute atomic E-state index is 12.1. The van der Waals surface area contributed by atoms with Crippen LogP contribution in [0.1, 0.15) is 40.4 Å². The number of nitrogens with one attached hydrogen (secondary N) is 2. The van der Waals surface area contributed by atoms with Crippen molar-refractivity contribution in [3.63, 3.8) is 0 Å². The number of aromatic amines is 1. The molecule has 2 N–H and O–H groups in total. The number of carbonyl (C=O) groups is 1. The molecule has 4 aromatic rings. The second-order valence-electron chi connectivity index (χ2n) is 7.68. The van der Waals surface area contributed by atoms with E-state index in [1.165, 1.54) is 16.5 Å². The summed E-state index contributed by atoms with van der Waals surface area (Å²) in [6, 6.07) is 10.5. The van der Waals surface area contributed by atoms with Crippen LogP contribution in [0.5, 0.6) is 0 Å². The van der Waals surface area contributed by atoms with Crippen molar-refractivity contribution in [2.24, 2.45) is 0 Å². The first-order valence-electron chi connectivity index (χ1n) is 10.1. The van der Waals surface area contributed by atoms with Crippen molar-refractivity contribution in [1.82, 2.24) is 29.8 Å². The number of H-pyrrole nitrogens is 1. The summed E-state index contributed by atoms with van der Waals surface area (Å²) in [5.41, 5.74) is 4.78. The maximum atomic E-state index is 12.1. The molecule has 148 valence electrons. The summed E-state index contributed by atoms with van der Waals surface area (Å²) in [6.45, 7) is 2.98. The molecular weight excluding hydrogens is 364 g/mol. The van der Waals surface area contributed by atoms with Crippen molar-refractivity contribution in [1.29, 1.82) is 0 Å². The molecule has 1 amide bonds. The van der Waals surface area contributed by atoms with Gasteiger partial charge in [0.15, 0.2) is 5.65 Å². The molecular formula is C22H24N6O. The van der Waals surface area contributed by atoms with Crippen molar-refractivity contribution < 1.29 is 4.79 Å². The molecule has 1 fully saturated rings. The van der Waals surface area contributed by atoms with Gasteiger partial charge in [-0.3, -0.25) is 9.69 Å². The Hall–Kier alpha value is -3.19. The summed E-state index contributed by atoms with van der Waals surface area (Å²) >= 11 is 0. The van der Waals surface area contributed by atoms with E-state index in [9.17, 15) is 4.79 Å². The average Bonchev–Trinajstić information content (AvgIpc) is 3.38. The van der Waals surface area contributed by atoms with Crippen molar-refractivity contribution in [3.8, 4) is 0 Å². The number of nitrogens with zero attached hydrogens (tertiary/aromatic N) is 4. The van der Waals surface area contributed by atoms with Crippen LogP contribution >= 0.6 is 0 Å². The number of hydrogen-bond acceptors (Lipinski definition) is 4. The number of piperidine rings is 1. The number of amides is 1. The highest BCUT2D eigenvalue weighted by atomic mass is 16.1. The van der Waals surface area contributed by atoms with Gasteiger partial charge in [-0.15, -0.1) is 0 Å². The molecule has 0 aliphatic carbocycles. The number of likely N-dealkylation sites (tertiary alicyclic amines) is 1. The molecule has 0 bridgehead atoms. The predicted octanol–water partition coefficient (Wildman–Crippen LogP) is 2.95. The van der Waals surface area contributed by atoms with E-state index in [-0.39, 0.29) is 5.91 Å². The summed E-state index contributed by atoms with van der Waals surface area (Å²) in [5, 5.41) is 8.43. The van der Waals surface area contributed by atoms with E-state index in [0.717, 1.165) is 38.2 Å². The largest absolute Gasteiger partial charge is 0.361 e. The Morgan fingerprint density at radius 3 is 3.10 bits per heavy atom. The minimum atomic E-state index is -0.158. The lowest BCUT2D eigenvalue weighted by Crippen LogP contribution is -2.34. The zero-order valence-electron chi connectivity index (χ0n) is 16.4. The third kappa shape index (κ3) is 3.17. The van der Waals surface area contributed by atoms with Crippen LogP contribution in [-0.4, -0.2) is 50.5 Å². The van der Waals surface area contributed by atoms with Crippen molar-refractivity contribution in [3.05, 3.63) is 65.7 Å². The van der Waals surface area contributed by atoms with Crippen molar-refractivity contribution >= 4 is 22.5 Å². The number of hydrogen-bond donors (Lipinski definition) is 2. The first-order valence-corrected chi connectivity index (χ1v) is 10.1. The lowest BCUT2D eigenvalue weighted by atomic mass is 9.94. The number of fused-ring (bicyclic) bond motifs is 2. The lowest BCUT2D eigenvalue weighted by molar-refractivity contribution is 0.0964. The van der Waals surface area contributed by atoms with Crippen LogP contribution in [-0.2, 0) is 6.54 Å². The first kappa shape index (κ1) is 17.9. The van der Waals surface area contributed by atoms with Crippen LogP contribution in [0.3, 0.4) is 0 Å². The van der Waals surface area contributed by atoms with E-state index in [0.29, 0.717) is 17.1 Å². The van der Waals surface area contributed by atoms with Crippen LogP contribution in [0, 0.1) is 0 Å². The third-order valence-electron chi connectivity index (χ3n) is 5.89. The second kappa shape index (κ2) is 7.33. The number of benzene rings is 1. The molecule has 29 heavy (non-hydrogen) atoms. The van der Waals surface area contributed by atoms with Crippen LogP contribution in [0.25, 0.3) is 16.6 Å². The minimum Gasteiger partial charge on any atom is -0.361 e. The maximum Gasteiger partial charge on any atom is 0.256 e. The van der Waals surface area contributed by atoms with Gasteiger partial charge in [0.2, 0.25) is 0 Å². The smallest absolute Gasteiger partial charge is 0.256 e. The highest BCUT2D eigenvalue weighted by Crippen LogP contribution is 2.29. The van der Waals surface area contributed by atoms with Gasteiger partial charge >= 0.3 is 0 Å². The fourth-order valence-electron chi connectivity index (χ4n) is 4.46. The van der Waals surface area contributed by atoms with E-state index < -0.39 is 0 Å². The topological polar surface area (TPSA) is 78.3 Å². The lowest BCUT2D eigenvalue weighted by Gasteiger charge is -2.32. The SMILES string of the molecule is CNC(=O)c1cnn2c([C@H]3CCCN(Cc4c[nH]c5ccccc45)C3)ccnc12. The summed E-state index contributed by atoms with van der Waals surface area (Å²) < 4.78 is 1.84. The minimum absolute atomic E-state index is 0.158. The molecule has 1 saturated heterocycles. The highest BCUT2D eigenvalue weighted by molar-refractivity contribution is 5.99. The zero-order valence-corrected chi connectivity index (χ0v) is 16.4. The summed E-state index contributed by atoms with van der Waals surface area (Å²) in [4.78, 5) is 22.4. The Kier molecular flexibility index (Phi) is 4.52. The summed E-state index contributed by atoms with van der Waals surface area (Å²) in [7, 11) is 1.62. The molecule has 0 radical (unpaired) electrons. The number of rotatable bonds is 4. The summed E-state index contributed by atoms with van der Waals surface area (Å²) in [6.07, 6.45) is 7.77. The third-order valence-corrected chi connectivity index (χ3v) is 5.89. The molecule has 1 atom stereocenters. The molecule has 7 nitrogen and oxygen atoms in total. The van der Waals surface area contributed by atoms with Gasteiger partial charge < -0.3 is 10.3 Å². The van der Waals surface area contributed by atoms with Crippen LogP contribution < -0.4 is 5.32 Å². The molecule has 1 aliphatic rings. The molecule has 0 spiro atoms. The van der Waals surface area contributed by atoms with Gasteiger partial charge in [0.1, 0.15) is 5.56 Å². The molecule has 5 rings (SSSR count). The fraction of sp³-hybridized carbons (Fsp3) is 0.318. The molecule has 3 aromatic heterocycles. The summed E-state index contributed by atoms with van der Waals surface area (Å²) in [5.74, 6) is 0.200. The van der Waals surface area contributed by atoms with Gasteiger partial charge in [-0.1, -0.05) is 18.2 Å². The van der Waals surface area contributed by atoms with Gasteiger partial charge in [0.05, 0.1) is 11.9 Å². The first-order chi connectivity index (χ1) is 14.2. The zero-order chi connectivity index (χ0) is 19.8. The fourth-order valence-corrected chi connectivity index (χ4v) is 4.46. The Bertz CT molecular complexity index is 1180. The van der Waals surface area contributed by atoms with Gasteiger partial charge in [-0.05, 0) is 37.1 Å². The Morgan fingerprint density at radius 2 is 2.21 bits per heavy atom. The standard InChI is InChI=1S/C22H24N6O/c1-23-22(29)18-12-26-28-20(8-9-24-21(18)28)15-5-4-10-27(13-15)14-16-11-25-19-7-3-2-6-17(16)19/h2-3,6-9,11-12,15,25H,4-5,10,13-14H2,1H3,(H,23,29)/t15-/m0/s1. The Balaban J connectivity index is 1.41. The monoisotopic (exact) mass is 388 g/mol. The van der Waals surface area contributed by atoms with Crippen LogP contribution in [0.2, 0.25) is 0 Å². The van der Waals surface area contributed by atoms with E-state index >= 15 is 0 Å². The number of para-hydroxylation sites is 1. The molecule has 1 aliphatic heterocycles. The Labute approximate surface area is 168 Å². The van der Waals surface area contributed by atoms with Gasteiger partial charge in [-0.25, -0.2) is 9.50 Å². The van der Waals surface area contributed by atoms with E-state index in [2.05, 4.69) is 55.7 Å². The van der Waals surface area contributed by atoms with Gasteiger partial charge in [-0.2, -0.15) is 5.10 Å². The highest BCUT2D eigenvalue weighted by Gasteiger charge is 2.25. The molecule has 0 unspecified atom stereocenters. The van der Waals surface area contributed by atoms with Crippen LogP contribution in [0.15, 0.2) is 48.9 Å². The molecule has 0 saturated carbocycles. The molecule has 4 heterocycles. The van der Waals surface area contributed by atoms with Crippen molar-refractivity contribution in [2.75, 3.05) is 20.1 Å². The second-order valence-corrected chi connectivity index (χ2v) is 7.68. The quantitative estimate of drug-likeness (QED) is 0.563. The number of carbonyl (C=O) groups excluding carboxylic acids is 1. The normalized spacial score (nSPS) is 17.8. The molecule has 1 aromatic carbocycles. The van der Waals surface area contributed by atoms with Crippen LogP contribution in [0.4, 0.5) is 0 Å². The average molecular weight is 388 g/mol. The predicted molar refractivity (Wildman–Crippen MR) is 112 cm³/mol. The molecule has 7 heteroatoms. The van der Waals surface area contributed by atoms with E-state index in [1.54, 1.807) is 19.4 Å². The number of aromatic nitrogens is 4. The van der Waals surface area contributed by atoms with E-state index in [1.807, 2.05) is 10.6 Å². The van der Waals surface area contributed by atoms with Crippen molar-refractivity contribution in [2.45, 2.75) is 25.3 Å². The van der Waals surface area contributed by atoms with Gasteiger partial charge in [0.25, 0.3) is 5.91 Å². The van der Waals surface area contributed by atoms with E-state index in [4.69, 9.17) is 0 Å².